The highest BCUT2D eigenvalue weighted by atomic mass is 16.5. The van der Waals surface area contributed by atoms with Crippen LogP contribution >= 0.6 is 0 Å². The first-order valence-corrected chi connectivity index (χ1v) is 4.71. The molecule has 0 fully saturated rings. The zero-order chi connectivity index (χ0) is 11.4. The number of carboxylic acids is 1. The molecule has 0 amide bonds. The lowest BCUT2D eigenvalue weighted by Gasteiger charge is -2.07. The highest BCUT2D eigenvalue weighted by Crippen LogP contribution is 2.27. The third-order valence-corrected chi connectivity index (χ3v) is 2.03. The predicted octanol–water partition coefficient (Wildman–Crippen LogP) is 1.54. The molecule has 0 atom stereocenters. The minimum absolute atomic E-state index is 0.356. The van der Waals surface area contributed by atoms with Crippen molar-refractivity contribution < 1.29 is 14.6 Å². The second-order valence-corrected chi connectivity index (χ2v) is 3.15. The van der Waals surface area contributed by atoms with Crippen LogP contribution in [0.2, 0.25) is 0 Å². The molecule has 0 radical (unpaired) electrons. The molecule has 0 saturated heterocycles. The van der Waals surface area contributed by atoms with Gasteiger partial charge >= 0.3 is 5.97 Å². The van der Waals surface area contributed by atoms with E-state index in [1.807, 2.05) is 12.1 Å². The first-order chi connectivity index (χ1) is 7.77. The molecule has 1 aromatic heterocycles. The van der Waals surface area contributed by atoms with Gasteiger partial charge in [-0.2, -0.15) is 5.10 Å². The van der Waals surface area contributed by atoms with Crippen LogP contribution in [0.1, 0.15) is 0 Å². The topological polar surface area (TPSA) is 75.2 Å². The van der Waals surface area contributed by atoms with Crippen molar-refractivity contribution in [3.8, 4) is 17.0 Å². The summed E-state index contributed by atoms with van der Waals surface area (Å²) in [5, 5.41) is 15.2. The number of H-pyrrole nitrogens is 1. The fraction of sp³-hybridized carbons (Fsp3) is 0.0909. The van der Waals surface area contributed by atoms with Gasteiger partial charge in [-0.3, -0.25) is 5.10 Å². The summed E-state index contributed by atoms with van der Waals surface area (Å²) in [6.45, 7) is -0.356. The van der Waals surface area contributed by atoms with Gasteiger partial charge in [-0.1, -0.05) is 12.1 Å². The molecule has 2 aromatic rings. The van der Waals surface area contributed by atoms with E-state index in [1.165, 1.54) is 0 Å². The molecule has 82 valence electrons. The normalized spacial score (nSPS) is 10.0. The van der Waals surface area contributed by atoms with Crippen molar-refractivity contribution in [3.05, 3.63) is 36.5 Å². The van der Waals surface area contributed by atoms with E-state index in [1.54, 1.807) is 24.4 Å². The van der Waals surface area contributed by atoms with Crippen LogP contribution in [0.4, 0.5) is 0 Å². The number of ether oxygens (including phenoxy) is 1. The van der Waals surface area contributed by atoms with E-state index in [-0.39, 0.29) is 6.61 Å². The van der Waals surface area contributed by atoms with Gasteiger partial charge in [0.25, 0.3) is 0 Å². The molecule has 1 aromatic carbocycles. The number of aromatic nitrogens is 2. The summed E-state index contributed by atoms with van der Waals surface area (Å²) in [6.07, 6.45) is 1.63. The molecule has 5 nitrogen and oxygen atoms in total. The Kier molecular flexibility index (Phi) is 2.86. The molecular formula is C11H10N2O3. The molecule has 0 aliphatic rings. The fourth-order valence-electron chi connectivity index (χ4n) is 1.36. The first kappa shape index (κ1) is 10.2. The number of nitrogens with zero attached hydrogens (tertiary/aromatic N) is 1. The number of carboxylic acid groups (broad SMARTS) is 1. The third kappa shape index (κ3) is 2.20. The van der Waals surface area contributed by atoms with Gasteiger partial charge in [-0.05, 0) is 18.2 Å². The summed E-state index contributed by atoms with van der Waals surface area (Å²) < 4.78 is 5.18. The van der Waals surface area contributed by atoms with Crippen molar-refractivity contribution in [2.45, 2.75) is 0 Å². The van der Waals surface area contributed by atoms with E-state index in [4.69, 9.17) is 9.84 Å². The number of nitrogens with one attached hydrogen (secondary N) is 1. The molecular weight excluding hydrogens is 208 g/mol. The lowest BCUT2D eigenvalue weighted by Crippen LogP contribution is -2.09. The highest BCUT2D eigenvalue weighted by Gasteiger charge is 2.07. The van der Waals surface area contributed by atoms with Gasteiger partial charge in [-0.25, -0.2) is 4.79 Å². The molecule has 0 unspecified atom stereocenters. The number of benzene rings is 1. The van der Waals surface area contributed by atoms with Gasteiger partial charge in [0.2, 0.25) is 0 Å². The maximum Gasteiger partial charge on any atom is 0.341 e. The summed E-state index contributed by atoms with van der Waals surface area (Å²) in [5.74, 6) is -0.478. The Morgan fingerprint density at radius 3 is 2.88 bits per heavy atom. The van der Waals surface area contributed by atoms with Crippen molar-refractivity contribution in [1.29, 1.82) is 0 Å². The molecule has 16 heavy (non-hydrogen) atoms. The highest BCUT2D eigenvalue weighted by molar-refractivity contribution is 5.70. The van der Waals surface area contributed by atoms with Crippen LogP contribution in [-0.4, -0.2) is 27.9 Å². The second-order valence-electron chi connectivity index (χ2n) is 3.15. The zero-order valence-corrected chi connectivity index (χ0v) is 8.38. The molecule has 0 bridgehead atoms. The Bertz CT molecular complexity index is 480. The van der Waals surface area contributed by atoms with E-state index in [9.17, 15) is 4.79 Å². The standard InChI is InChI=1S/C11H10N2O3/c14-11(15)7-16-10-4-2-1-3-8(10)9-5-6-12-13-9/h1-6H,7H2,(H,12,13)(H,14,15). The van der Waals surface area contributed by atoms with Gasteiger partial charge in [0, 0.05) is 11.8 Å². The number of carbonyl (C=O) groups is 1. The monoisotopic (exact) mass is 218 g/mol. The van der Waals surface area contributed by atoms with Crippen LogP contribution < -0.4 is 4.74 Å². The first-order valence-electron chi connectivity index (χ1n) is 4.71. The maximum absolute atomic E-state index is 10.4. The van der Waals surface area contributed by atoms with Gasteiger partial charge in [0.05, 0.1) is 5.69 Å². The summed E-state index contributed by atoms with van der Waals surface area (Å²) in [7, 11) is 0. The summed E-state index contributed by atoms with van der Waals surface area (Å²) >= 11 is 0. The van der Waals surface area contributed by atoms with Crippen LogP contribution in [0.5, 0.6) is 5.75 Å². The quantitative estimate of drug-likeness (QED) is 0.816. The minimum atomic E-state index is -1.00. The Balaban J connectivity index is 2.27. The summed E-state index contributed by atoms with van der Waals surface area (Å²) in [4.78, 5) is 10.4. The average Bonchev–Trinajstić information content (AvgIpc) is 2.80. The van der Waals surface area contributed by atoms with Crippen LogP contribution in [0.25, 0.3) is 11.3 Å². The summed E-state index contributed by atoms with van der Waals surface area (Å²) in [5.41, 5.74) is 1.59. The van der Waals surface area contributed by atoms with Gasteiger partial charge < -0.3 is 9.84 Å². The second kappa shape index (κ2) is 4.48. The van der Waals surface area contributed by atoms with Crippen molar-refractivity contribution in [1.82, 2.24) is 10.2 Å². The molecule has 1 heterocycles. The fourth-order valence-corrected chi connectivity index (χ4v) is 1.36. The van der Waals surface area contributed by atoms with Crippen molar-refractivity contribution in [2.75, 3.05) is 6.61 Å². The van der Waals surface area contributed by atoms with Gasteiger partial charge in [0.15, 0.2) is 6.61 Å². The smallest absolute Gasteiger partial charge is 0.341 e. The Morgan fingerprint density at radius 2 is 2.19 bits per heavy atom. The average molecular weight is 218 g/mol. The third-order valence-electron chi connectivity index (χ3n) is 2.03. The number of hydrogen-bond acceptors (Lipinski definition) is 3. The molecule has 2 rings (SSSR count). The van der Waals surface area contributed by atoms with Crippen LogP contribution in [-0.2, 0) is 4.79 Å². The Hall–Kier alpha value is -2.30. The number of para-hydroxylation sites is 1. The number of aromatic amines is 1. The Morgan fingerprint density at radius 1 is 1.38 bits per heavy atom. The van der Waals surface area contributed by atoms with Crippen molar-refractivity contribution >= 4 is 5.97 Å². The lowest BCUT2D eigenvalue weighted by atomic mass is 10.1. The van der Waals surface area contributed by atoms with Gasteiger partial charge in [0.1, 0.15) is 5.75 Å². The lowest BCUT2D eigenvalue weighted by molar-refractivity contribution is -0.139. The zero-order valence-electron chi connectivity index (χ0n) is 8.38. The molecule has 5 heteroatoms. The largest absolute Gasteiger partial charge is 0.481 e. The van der Waals surface area contributed by atoms with E-state index >= 15 is 0 Å². The minimum Gasteiger partial charge on any atom is -0.481 e. The van der Waals surface area contributed by atoms with E-state index < -0.39 is 5.97 Å². The summed E-state index contributed by atoms with van der Waals surface area (Å²) in [6, 6.07) is 8.99. The SMILES string of the molecule is O=C(O)COc1ccccc1-c1ccn[nH]1. The van der Waals surface area contributed by atoms with Crippen LogP contribution in [0.3, 0.4) is 0 Å². The van der Waals surface area contributed by atoms with Crippen LogP contribution in [0.15, 0.2) is 36.5 Å². The molecule has 0 spiro atoms. The van der Waals surface area contributed by atoms with Gasteiger partial charge in [-0.15, -0.1) is 0 Å². The maximum atomic E-state index is 10.4. The van der Waals surface area contributed by atoms with Crippen LogP contribution in [0, 0.1) is 0 Å². The number of hydrogen-bond donors (Lipinski definition) is 2. The van der Waals surface area contributed by atoms with Crippen molar-refractivity contribution in [2.24, 2.45) is 0 Å². The predicted molar refractivity (Wildman–Crippen MR) is 57.2 cm³/mol. The van der Waals surface area contributed by atoms with Crippen molar-refractivity contribution in [3.63, 3.8) is 0 Å². The number of aliphatic carboxylic acids is 1. The van der Waals surface area contributed by atoms with E-state index in [2.05, 4.69) is 10.2 Å². The molecule has 2 N–H and O–H groups in total. The molecule has 0 saturated carbocycles. The molecule has 0 aliphatic carbocycles. The Labute approximate surface area is 91.7 Å². The number of rotatable bonds is 4. The van der Waals surface area contributed by atoms with E-state index in [0.29, 0.717) is 5.75 Å². The van der Waals surface area contributed by atoms with E-state index in [0.717, 1.165) is 11.3 Å². The molecule has 0 aliphatic heterocycles.